The molecule has 0 aromatic carbocycles. The fourth-order valence-corrected chi connectivity index (χ4v) is 0.456. The topological polar surface area (TPSA) is 21.3 Å². The van der Waals surface area contributed by atoms with Crippen LogP contribution in [0.5, 0.6) is 0 Å². The van der Waals surface area contributed by atoms with Gasteiger partial charge in [0.05, 0.1) is 21.1 Å². The second-order valence-electron chi connectivity index (χ2n) is 2.95. The molecule has 0 aliphatic rings. The first-order chi connectivity index (χ1) is 5.06. The third-order valence-electron chi connectivity index (χ3n) is 0.929. The highest BCUT2D eigenvalue weighted by Crippen LogP contribution is 1.87. The monoisotopic (exact) mass is 181 g/mol. The third-order valence-corrected chi connectivity index (χ3v) is 1.06. The summed E-state index contributed by atoms with van der Waals surface area (Å²) in [5, 5.41) is 0. The normalized spacial score (nSPS) is 10.4. The van der Waals surface area contributed by atoms with Crippen molar-refractivity contribution in [3.05, 3.63) is 0 Å². The summed E-state index contributed by atoms with van der Waals surface area (Å²) in [4.78, 5) is 7.13. The van der Waals surface area contributed by atoms with Gasteiger partial charge in [-0.15, -0.1) is 4.89 Å². The Morgan fingerprint density at radius 3 is 2.00 bits per heavy atom. The van der Waals surface area contributed by atoms with E-state index in [1.165, 1.54) is 0 Å². The van der Waals surface area contributed by atoms with Crippen LogP contribution in [-0.2, 0) is 4.84 Å². The van der Waals surface area contributed by atoms with Crippen molar-refractivity contribution in [1.29, 1.82) is 0 Å². The maximum Gasteiger partial charge on any atom is 0.118 e. The number of nitrogens with zero attached hydrogens (tertiary/aromatic N) is 1. The minimum absolute atomic E-state index is 0.688. The van der Waals surface area contributed by atoms with Crippen molar-refractivity contribution in [2.45, 2.75) is 13.8 Å². The van der Waals surface area contributed by atoms with Gasteiger partial charge in [0.2, 0.25) is 0 Å². The van der Waals surface area contributed by atoms with E-state index in [1.54, 1.807) is 0 Å². The van der Waals surface area contributed by atoms with E-state index in [9.17, 15) is 0 Å². The molecule has 0 amide bonds. The van der Waals surface area contributed by atoms with E-state index in [2.05, 4.69) is 38.8 Å². The van der Waals surface area contributed by atoms with E-state index in [4.69, 9.17) is 4.84 Å². The van der Waals surface area contributed by atoms with Crippen LogP contribution < -0.4 is 4.89 Å². The quantitative estimate of drug-likeness (QED) is 0.293. The molecular weight excluding hydrogens is 160 g/mol. The molecule has 0 rings (SSSR count). The molecule has 0 spiro atoms. The summed E-state index contributed by atoms with van der Waals surface area (Å²) in [5.41, 5.74) is 0. The first kappa shape index (κ1) is 13.8. The molecule has 0 radical (unpaired) electrons. The van der Waals surface area contributed by atoms with E-state index in [0.717, 1.165) is 11.0 Å². The molecule has 0 atom stereocenters. The highest BCUT2D eigenvalue weighted by atomic mass is 32.1. The zero-order chi connectivity index (χ0) is 9.33. The Morgan fingerprint density at radius 2 is 1.73 bits per heavy atom. The van der Waals surface area contributed by atoms with Crippen molar-refractivity contribution >= 4 is 12.8 Å². The molecule has 0 aromatic rings. The highest BCUT2D eigenvalue weighted by molar-refractivity contribution is 7.77. The molecule has 0 aliphatic heterocycles. The van der Waals surface area contributed by atoms with E-state index in [-0.39, 0.29) is 0 Å². The van der Waals surface area contributed by atoms with Crippen molar-refractivity contribution in [3.63, 3.8) is 0 Å². The predicted molar refractivity (Wildman–Crippen MR) is 52.3 cm³/mol. The van der Waals surface area contributed by atoms with Crippen LogP contribution in [0.2, 0.25) is 0 Å². The largest absolute Gasteiger partial charge is 0.329 e. The first-order valence-electron chi connectivity index (χ1n) is 3.87. The molecule has 0 unspecified atom stereocenters. The number of nitrogens with one attached hydrogen (secondary N) is 1. The number of hydrogen-bond donors (Lipinski definition) is 2. The molecule has 0 saturated carbocycles. The first-order valence-corrected chi connectivity index (χ1v) is 4.32. The van der Waals surface area contributed by atoms with Crippen LogP contribution in [0.25, 0.3) is 0 Å². The van der Waals surface area contributed by atoms with Crippen molar-refractivity contribution < 1.29 is 9.32 Å². The van der Waals surface area contributed by atoms with Gasteiger partial charge in [0.1, 0.15) is 13.2 Å². The fourth-order valence-electron chi connectivity index (χ4n) is 0.365. The van der Waals surface area contributed by atoms with Crippen molar-refractivity contribution in [2.75, 3.05) is 34.3 Å². The smallest absolute Gasteiger partial charge is 0.118 e. The zero-order valence-corrected chi connectivity index (χ0v) is 9.11. The van der Waals surface area contributed by atoms with Gasteiger partial charge in [0, 0.05) is 0 Å². The van der Waals surface area contributed by atoms with Crippen LogP contribution in [0.15, 0.2) is 0 Å². The third kappa shape index (κ3) is 17.9. The van der Waals surface area contributed by atoms with Crippen LogP contribution in [0.4, 0.5) is 0 Å². The van der Waals surface area contributed by atoms with E-state index in [0.29, 0.717) is 6.61 Å². The summed E-state index contributed by atoms with van der Waals surface area (Å²) in [5.74, 6) is 0. The average molecular weight is 181 g/mol. The van der Waals surface area contributed by atoms with Gasteiger partial charge in [-0.3, -0.25) is 4.84 Å². The van der Waals surface area contributed by atoms with Gasteiger partial charge >= 0.3 is 0 Å². The van der Waals surface area contributed by atoms with Gasteiger partial charge < -0.3 is 4.48 Å². The molecule has 1 N–H and O–H groups in total. The molecule has 3 nitrogen and oxygen atoms in total. The maximum atomic E-state index is 4.81. The minimum Gasteiger partial charge on any atom is -0.329 e. The van der Waals surface area contributed by atoms with E-state index in [1.807, 2.05) is 13.8 Å². The molecule has 0 aromatic heterocycles. The number of likely N-dealkylation sites (N-methyl/N-ethyl adjacent to an activating group) is 1. The van der Waals surface area contributed by atoms with Crippen LogP contribution in [-0.4, -0.2) is 38.8 Å². The maximum absolute atomic E-state index is 4.81. The second kappa shape index (κ2) is 8.33. The standard InChI is InChI=1S/C5H15N2OS.C2H6/c1-7(2,3)4-5-8-6-9;1-2/h6,9H,4-5H2,1-3H3;1-2H3/q+1;. The van der Waals surface area contributed by atoms with Gasteiger partial charge in [-0.05, 0) is 0 Å². The fraction of sp³-hybridized carbons (Fsp3) is 1.00. The molecule has 0 aliphatic carbocycles. The minimum atomic E-state index is 0.688. The number of quaternary nitrogens is 1. The van der Waals surface area contributed by atoms with Crippen LogP contribution >= 0.6 is 12.8 Å². The van der Waals surface area contributed by atoms with E-state index < -0.39 is 0 Å². The summed E-state index contributed by atoms with van der Waals surface area (Å²) in [6.07, 6.45) is 0. The van der Waals surface area contributed by atoms with Crippen LogP contribution in [0.3, 0.4) is 0 Å². The highest BCUT2D eigenvalue weighted by Gasteiger charge is 2.04. The second-order valence-corrected chi connectivity index (χ2v) is 3.14. The molecular formula is C7H21N2OS+. The van der Waals surface area contributed by atoms with Gasteiger partial charge in [-0.1, -0.05) is 26.7 Å². The van der Waals surface area contributed by atoms with Gasteiger partial charge in [0.15, 0.2) is 0 Å². The Labute approximate surface area is 75.8 Å². The molecule has 70 valence electrons. The summed E-state index contributed by atoms with van der Waals surface area (Å²) >= 11 is 3.67. The van der Waals surface area contributed by atoms with Gasteiger partial charge in [0.25, 0.3) is 0 Å². The molecule has 0 bridgehead atoms. The molecule has 11 heavy (non-hydrogen) atoms. The average Bonchev–Trinajstić information content (AvgIpc) is 1.90. The van der Waals surface area contributed by atoms with Crippen molar-refractivity contribution in [1.82, 2.24) is 4.89 Å². The molecule has 0 heterocycles. The van der Waals surface area contributed by atoms with Crippen molar-refractivity contribution in [2.24, 2.45) is 0 Å². The zero-order valence-electron chi connectivity index (χ0n) is 8.22. The van der Waals surface area contributed by atoms with Crippen LogP contribution in [0.1, 0.15) is 13.8 Å². The summed E-state index contributed by atoms with van der Waals surface area (Å²) in [7, 11) is 6.34. The SMILES string of the molecule is CC.C[N+](C)(C)CCONS. The summed E-state index contributed by atoms with van der Waals surface area (Å²) in [6.45, 7) is 5.67. The lowest BCUT2D eigenvalue weighted by Crippen LogP contribution is -2.38. The molecule has 0 fully saturated rings. The molecule has 0 saturated heterocycles. The number of thiol groups is 1. The van der Waals surface area contributed by atoms with E-state index >= 15 is 0 Å². The lowest BCUT2D eigenvalue weighted by molar-refractivity contribution is -0.870. The summed E-state index contributed by atoms with van der Waals surface area (Å²) < 4.78 is 0.912. The Hall–Kier alpha value is 0.230. The summed E-state index contributed by atoms with van der Waals surface area (Å²) in [6, 6.07) is 0. The van der Waals surface area contributed by atoms with Crippen LogP contribution in [0, 0.1) is 0 Å². The number of hydrogen-bond acceptors (Lipinski definition) is 3. The van der Waals surface area contributed by atoms with Crippen molar-refractivity contribution in [3.8, 4) is 0 Å². The lowest BCUT2D eigenvalue weighted by Gasteiger charge is -2.22. The van der Waals surface area contributed by atoms with Gasteiger partial charge in [-0.2, -0.15) is 0 Å². The predicted octanol–water partition coefficient (Wildman–Crippen LogP) is 1.08. The Bertz CT molecular complexity index is 73.3. The Kier molecular flexibility index (Phi) is 10.4. The Balaban J connectivity index is 0. The van der Waals surface area contributed by atoms with Gasteiger partial charge in [-0.25, -0.2) is 0 Å². The molecule has 4 heteroatoms. The Morgan fingerprint density at radius 1 is 1.27 bits per heavy atom. The lowest BCUT2D eigenvalue weighted by atomic mass is 10.5. The number of rotatable bonds is 4.